The maximum Gasteiger partial charge on any atom is 0.191 e. The van der Waals surface area contributed by atoms with Crippen LogP contribution in [0.5, 0.6) is 0 Å². The molecule has 1 aliphatic heterocycles. The molecule has 4 nitrogen and oxygen atoms in total. The zero-order chi connectivity index (χ0) is 9.10. The molecule has 0 unspecified atom stereocenters. The van der Waals surface area contributed by atoms with Crippen molar-refractivity contribution in [1.82, 2.24) is 4.98 Å². The van der Waals surface area contributed by atoms with Crippen LogP contribution in [0.25, 0.3) is 0 Å². The average Bonchev–Trinajstić information content (AvgIpc) is 2.74. The van der Waals surface area contributed by atoms with Crippen molar-refractivity contribution in [2.75, 3.05) is 13.2 Å². The lowest BCUT2D eigenvalue weighted by Gasteiger charge is -1.98. The van der Waals surface area contributed by atoms with Gasteiger partial charge in [-0.1, -0.05) is 0 Å². The molecular formula is C9H10N2O2. The molecule has 0 radical (unpaired) electrons. The topological polar surface area (TPSA) is 54.4 Å². The van der Waals surface area contributed by atoms with Gasteiger partial charge in [0.2, 0.25) is 0 Å². The summed E-state index contributed by atoms with van der Waals surface area (Å²) in [5, 5.41) is 0. The second-order valence-electron chi connectivity index (χ2n) is 2.82. The van der Waals surface area contributed by atoms with E-state index in [9.17, 15) is 4.79 Å². The maximum absolute atomic E-state index is 11.5. The second-order valence-corrected chi connectivity index (χ2v) is 2.82. The van der Waals surface area contributed by atoms with Crippen molar-refractivity contribution in [2.24, 2.45) is 4.99 Å². The molecule has 0 atom stereocenters. The summed E-state index contributed by atoms with van der Waals surface area (Å²) >= 11 is 0. The number of carbonyl (C=O) groups is 1. The summed E-state index contributed by atoms with van der Waals surface area (Å²) in [5.41, 5.74) is 0.679. The summed E-state index contributed by atoms with van der Waals surface area (Å²) < 4.78 is 5.14. The number of carbonyl (C=O) groups excluding carboxylic acids is 1. The smallest absolute Gasteiger partial charge is 0.191 e. The Morgan fingerprint density at radius 2 is 2.62 bits per heavy atom. The molecule has 0 aromatic carbocycles. The van der Waals surface area contributed by atoms with Crippen LogP contribution in [0.3, 0.4) is 0 Å². The standard InChI is InChI=1S/C9H10N2O2/c12-8(7-1-2-10-6-7)5-9-11-3-4-13-9/h1-2,6,10H,3-5H2. The highest BCUT2D eigenvalue weighted by Gasteiger charge is 2.14. The zero-order valence-electron chi connectivity index (χ0n) is 7.12. The highest BCUT2D eigenvalue weighted by atomic mass is 16.5. The number of aromatic nitrogens is 1. The molecule has 2 heterocycles. The molecule has 2 rings (SSSR count). The summed E-state index contributed by atoms with van der Waals surface area (Å²) in [5.74, 6) is 0.605. The fourth-order valence-corrected chi connectivity index (χ4v) is 1.22. The first-order valence-corrected chi connectivity index (χ1v) is 4.18. The molecule has 1 aliphatic rings. The third-order valence-corrected chi connectivity index (χ3v) is 1.88. The van der Waals surface area contributed by atoms with Crippen LogP contribution in [0.2, 0.25) is 0 Å². The summed E-state index contributed by atoms with van der Waals surface area (Å²) in [6.07, 6.45) is 3.68. The number of hydrogen-bond donors (Lipinski definition) is 1. The molecule has 68 valence electrons. The molecule has 0 spiro atoms. The van der Waals surface area contributed by atoms with Gasteiger partial charge in [0.15, 0.2) is 11.7 Å². The van der Waals surface area contributed by atoms with Crippen LogP contribution >= 0.6 is 0 Å². The number of ether oxygens (including phenoxy) is 1. The van der Waals surface area contributed by atoms with Gasteiger partial charge in [0.05, 0.1) is 13.0 Å². The number of aliphatic imine (C=N–C) groups is 1. The number of Topliss-reactive ketones (excluding diaryl/α,β-unsaturated/α-hetero) is 1. The fraction of sp³-hybridized carbons (Fsp3) is 0.333. The van der Waals surface area contributed by atoms with E-state index in [0.717, 1.165) is 0 Å². The van der Waals surface area contributed by atoms with Crippen LogP contribution in [0.15, 0.2) is 23.5 Å². The van der Waals surface area contributed by atoms with Gasteiger partial charge in [-0.25, -0.2) is 0 Å². The average molecular weight is 178 g/mol. The first kappa shape index (κ1) is 8.04. The first-order valence-electron chi connectivity index (χ1n) is 4.18. The van der Waals surface area contributed by atoms with E-state index in [1.807, 2.05) is 0 Å². The van der Waals surface area contributed by atoms with Crippen molar-refractivity contribution in [1.29, 1.82) is 0 Å². The van der Waals surface area contributed by atoms with Gasteiger partial charge in [-0.2, -0.15) is 0 Å². The van der Waals surface area contributed by atoms with Crippen molar-refractivity contribution in [2.45, 2.75) is 6.42 Å². The third kappa shape index (κ3) is 1.77. The third-order valence-electron chi connectivity index (χ3n) is 1.88. The van der Waals surface area contributed by atoms with E-state index in [0.29, 0.717) is 24.6 Å². The van der Waals surface area contributed by atoms with E-state index in [1.54, 1.807) is 18.5 Å². The lowest BCUT2D eigenvalue weighted by atomic mass is 10.2. The number of nitrogens with zero attached hydrogens (tertiary/aromatic N) is 1. The Bertz CT molecular complexity index is 327. The van der Waals surface area contributed by atoms with Gasteiger partial charge in [0.1, 0.15) is 6.61 Å². The Balaban J connectivity index is 1.99. The van der Waals surface area contributed by atoms with E-state index >= 15 is 0 Å². The molecule has 0 bridgehead atoms. The molecule has 1 N–H and O–H groups in total. The van der Waals surface area contributed by atoms with E-state index in [2.05, 4.69) is 9.98 Å². The van der Waals surface area contributed by atoms with Gasteiger partial charge in [-0.05, 0) is 6.07 Å². The molecule has 0 fully saturated rings. The lowest BCUT2D eigenvalue weighted by molar-refractivity contribution is 0.0995. The van der Waals surface area contributed by atoms with E-state index in [-0.39, 0.29) is 12.2 Å². The summed E-state index contributed by atoms with van der Waals surface area (Å²) in [4.78, 5) is 18.4. The van der Waals surface area contributed by atoms with Gasteiger partial charge in [0, 0.05) is 18.0 Å². The van der Waals surface area contributed by atoms with Crippen LogP contribution in [0.1, 0.15) is 16.8 Å². The number of hydrogen-bond acceptors (Lipinski definition) is 3. The Morgan fingerprint density at radius 3 is 3.23 bits per heavy atom. The highest BCUT2D eigenvalue weighted by molar-refractivity contribution is 6.07. The number of nitrogens with one attached hydrogen (secondary N) is 1. The van der Waals surface area contributed by atoms with E-state index in [4.69, 9.17) is 4.74 Å². The van der Waals surface area contributed by atoms with Gasteiger partial charge in [-0.3, -0.25) is 9.79 Å². The molecular weight excluding hydrogens is 168 g/mol. The molecule has 13 heavy (non-hydrogen) atoms. The Morgan fingerprint density at radius 1 is 1.69 bits per heavy atom. The molecule has 0 aliphatic carbocycles. The molecule has 0 saturated carbocycles. The quantitative estimate of drug-likeness (QED) is 0.702. The van der Waals surface area contributed by atoms with Gasteiger partial charge < -0.3 is 9.72 Å². The highest BCUT2D eigenvalue weighted by Crippen LogP contribution is 2.06. The van der Waals surface area contributed by atoms with Crippen molar-refractivity contribution in [3.8, 4) is 0 Å². The zero-order valence-corrected chi connectivity index (χ0v) is 7.12. The Hall–Kier alpha value is -1.58. The van der Waals surface area contributed by atoms with Crippen molar-refractivity contribution >= 4 is 11.7 Å². The molecule has 0 saturated heterocycles. The van der Waals surface area contributed by atoms with E-state index in [1.165, 1.54) is 0 Å². The summed E-state index contributed by atoms with van der Waals surface area (Å²) in [7, 11) is 0. The van der Waals surface area contributed by atoms with Crippen LogP contribution in [-0.2, 0) is 4.74 Å². The van der Waals surface area contributed by atoms with Gasteiger partial charge in [0.25, 0.3) is 0 Å². The molecule has 1 aromatic rings. The normalized spacial score (nSPS) is 15.2. The Kier molecular flexibility index (Phi) is 2.12. The summed E-state index contributed by atoms with van der Waals surface area (Å²) in [6.45, 7) is 1.28. The maximum atomic E-state index is 11.5. The van der Waals surface area contributed by atoms with E-state index < -0.39 is 0 Å². The SMILES string of the molecule is O=C(CC1=NCCO1)c1cc[nH]c1. The number of ketones is 1. The van der Waals surface area contributed by atoms with Crippen LogP contribution < -0.4 is 0 Å². The van der Waals surface area contributed by atoms with Gasteiger partial charge >= 0.3 is 0 Å². The molecule has 4 heteroatoms. The van der Waals surface area contributed by atoms with Crippen molar-refractivity contribution < 1.29 is 9.53 Å². The van der Waals surface area contributed by atoms with Crippen LogP contribution in [0.4, 0.5) is 0 Å². The minimum Gasteiger partial charge on any atom is -0.479 e. The van der Waals surface area contributed by atoms with Crippen LogP contribution in [-0.4, -0.2) is 29.8 Å². The summed E-state index contributed by atoms with van der Waals surface area (Å²) in [6, 6.07) is 1.75. The van der Waals surface area contributed by atoms with Crippen molar-refractivity contribution in [3.63, 3.8) is 0 Å². The number of rotatable bonds is 3. The van der Waals surface area contributed by atoms with Crippen LogP contribution in [0, 0.1) is 0 Å². The predicted octanol–water partition coefficient (Wildman–Crippen LogP) is 1.02. The monoisotopic (exact) mass is 178 g/mol. The fourth-order valence-electron chi connectivity index (χ4n) is 1.22. The minimum atomic E-state index is 0.0434. The number of aromatic amines is 1. The van der Waals surface area contributed by atoms with Gasteiger partial charge in [-0.15, -0.1) is 0 Å². The number of H-pyrrole nitrogens is 1. The predicted molar refractivity (Wildman–Crippen MR) is 48.0 cm³/mol. The largest absolute Gasteiger partial charge is 0.479 e. The Labute approximate surface area is 75.6 Å². The molecule has 1 aromatic heterocycles. The minimum absolute atomic E-state index is 0.0434. The lowest BCUT2D eigenvalue weighted by Crippen LogP contribution is -2.07. The van der Waals surface area contributed by atoms with Crippen molar-refractivity contribution in [3.05, 3.63) is 24.0 Å². The first-order chi connectivity index (χ1) is 6.36. The second kappa shape index (κ2) is 3.43. The molecule has 0 amide bonds.